The molecule has 0 unspecified atom stereocenters. The molecule has 0 aliphatic rings. The lowest BCUT2D eigenvalue weighted by molar-refractivity contribution is 0.861. The quantitative estimate of drug-likeness (QED) is 0.519. The Morgan fingerprint density at radius 3 is 2.83 bits per heavy atom. The summed E-state index contributed by atoms with van der Waals surface area (Å²) in [5, 5.41) is 25.9. The maximum absolute atomic E-state index is 8.93. The first-order chi connectivity index (χ1) is 11.2. The second kappa shape index (κ2) is 6.58. The van der Waals surface area contributed by atoms with E-state index in [1.165, 1.54) is 6.20 Å². The Bertz CT molecular complexity index is 949. The van der Waals surface area contributed by atoms with Gasteiger partial charge in [0, 0.05) is 30.4 Å². The van der Waals surface area contributed by atoms with E-state index in [0.29, 0.717) is 30.0 Å². The first-order valence-electron chi connectivity index (χ1n) is 6.73. The predicted molar refractivity (Wildman–Crippen MR) is 92.8 cm³/mol. The fourth-order valence-electron chi connectivity index (χ4n) is 2.08. The lowest BCUT2D eigenvalue weighted by atomic mass is 10.2. The minimum absolute atomic E-state index is 0.428. The van der Waals surface area contributed by atoms with Crippen LogP contribution in [0.15, 0.2) is 30.7 Å². The van der Waals surface area contributed by atoms with Gasteiger partial charge in [-0.3, -0.25) is 0 Å². The minimum Gasteiger partial charge on any atom is -0.383 e. The van der Waals surface area contributed by atoms with Crippen LogP contribution < -0.4 is 5.32 Å². The van der Waals surface area contributed by atoms with E-state index in [1.54, 1.807) is 23.1 Å². The lowest BCUT2D eigenvalue weighted by Crippen LogP contribution is -2.06. The van der Waals surface area contributed by atoms with Crippen LogP contribution >= 0.6 is 22.6 Å². The average molecular weight is 415 g/mol. The average Bonchev–Trinajstić information content (AvgIpc) is 2.99. The molecule has 23 heavy (non-hydrogen) atoms. The van der Waals surface area contributed by atoms with Crippen molar-refractivity contribution in [3.05, 3.63) is 39.9 Å². The number of nitriles is 2. The molecule has 8 heteroatoms. The number of nitrogens with zero attached hydrogens (tertiary/aromatic N) is 6. The van der Waals surface area contributed by atoms with Gasteiger partial charge in [-0.2, -0.15) is 20.3 Å². The zero-order chi connectivity index (χ0) is 16.2. The van der Waals surface area contributed by atoms with Gasteiger partial charge in [0.25, 0.3) is 0 Å². The van der Waals surface area contributed by atoms with Gasteiger partial charge in [-0.05, 0) is 28.7 Å². The zero-order valence-corrected chi connectivity index (χ0v) is 14.0. The third kappa shape index (κ3) is 3.07. The van der Waals surface area contributed by atoms with Gasteiger partial charge in [0.15, 0.2) is 11.5 Å². The van der Waals surface area contributed by atoms with Crippen molar-refractivity contribution in [3.63, 3.8) is 0 Å². The molecule has 3 heterocycles. The monoisotopic (exact) mass is 415 g/mol. The number of hydrogen-bond donors (Lipinski definition) is 1. The van der Waals surface area contributed by atoms with Gasteiger partial charge < -0.3 is 5.32 Å². The summed E-state index contributed by atoms with van der Waals surface area (Å²) < 4.78 is 2.59. The van der Waals surface area contributed by atoms with Crippen LogP contribution in [0.4, 0.5) is 5.69 Å². The minimum atomic E-state index is 0.428. The summed E-state index contributed by atoms with van der Waals surface area (Å²) in [6, 6.07) is 7.77. The van der Waals surface area contributed by atoms with E-state index in [9.17, 15) is 0 Å². The number of fused-ring (bicyclic) bond motifs is 1. The van der Waals surface area contributed by atoms with E-state index in [1.807, 2.05) is 6.07 Å². The van der Waals surface area contributed by atoms with E-state index in [2.05, 4.69) is 55.1 Å². The molecule has 0 aliphatic carbocycles. The van der Waals surface area contributed by atoms with Crippen molar-refractivity contribution < 1.29 is 0 Å². The Morgan fingerprint density at radius 1 is 1.17 bits per heavy atom. The zero-order valence-electron chi connectivity index (χ0n) is 11.9. The van der Waals surface area contributed by atoms with E-state index in [-0.39, 0.29) is 0 Å². The summed E-state index contributed by atoms with van der Waals surface area (Å²) in [5.41, 5.74) is 2.02. The molecule has 0 saturated heterocycles. The van der Waals surface area contributed by atoms with Gasteiger partial charge in [-0.25, -0.2) is 9.97 Å². The maximum Gasteiger partial charge on any atom is 0.164 e. The first kappa shape index (κ1) is 15.2. The number of halogens is 1. The van der Waals surface area contributed by atoms with Crippen molar-refractivity contribution in [2.75, 3.05) is 11.9 Å². The SMILES string of the molecule is N#CCCNc1cc(-n2ncc3cc(C#N)cnc32)ncc1I. The van der Waals surface area contributed by atoms with Crippen molar-refractivity contribution in [3.8, 4) is 18.0 Å². The molecule has 112 valence electrons. The molecule has 3 aromatic heterocycles. The standard InChI is InChI=1S/C15H10IN7/c16-12-9-20-14(5-13(12)19-3-1-2-17)23-15-11(8-22-23)4-10(6-18)7-21-15/h4-5,7-9H,1,3H2,(H,19,20). The lowest BCUT2D eigenvalue weighted by Gasteiger charge is -2.09. The molecular weight excluding hydrogens is 405 g/mol. The summed E-state index contributed by atoms with van der Waals surface area (Å²) >= 11 is 2.18. The largest absolute Gasteiger partial charge is 0.383 e. The highest BCUT2D eigenvalue weighted by Crippen LogP contribution is 2.22. The normalized spacial score (nSPS) is 10.2. The summed E-state index contributed by atoms with van der Waals surface area (Å²) in [7, 11) is 0. The Balaban J connectivity index is 2.00. The molecule has 3 rings (SSSR count). The fraction of sp³-hybridized carbons (Fsp3) is 0.133. The van der Waals surface area contributed by atoms with Crippen LogP contribution in [0.5, 0.6) is 0 Å². The third-order valence-electron chi connectivity index (χ3n) is 3.15. The summed E-state index contributed by atoms with van der Waals surface area (Å²) in [6.07, 6.45) is 5.34. The van der Waals surface area contributed by atoms with E-state index < -0.39 is 0 Å². The molecule has 0 spiro atoms. The molecule has 7 nitrogen and oxygen atoms in total. The molecular formula is C15H10IN7. The first-order valence-corrected chi connectivity index (χ1v) is 7.81. The van der Waals surface area contributed by atoms with Crippen molar-refractivity contribution >= 4 is 39.3 Å². The van der Waals surface area contributed by atoms with E-state index in [0.717, 1.165) is 14.6 Å². The van der Waals surface area contributed by atoms with Gasteiger partial charge >= 0.3 is 0 Å². The fourth-order valence-corrected chi connectivity index (χ4v) is 2.57. The Hall–Kier alpha value is -2.72. The van der Waals surface area contributed by atoms with Crippen LogP contribution in [0.25, 0.3) is 16.9 Å². The van der Waals surface area contributed by atoms with Gasteiger partial charge in [0.1, 0.15) is 6.07 Å². The number of anilines is 1. The second-order valence-corrected chi connectivity index (χ2v) is 5.82. The van der Waals surface area contributed by atoms with Crippen LogP contribution in [0, 0.1) is 26.2 Å². The highest BCUT2D eigenvalue weighted by Gasteiger charge is 2.10. The molecule has 0 atom stereocenters. The van der Waals surface area contributed by atoms with Gasteiger partial charge in [0.2, 0.25) is 0 Å². The molecule has 0 aliphatic heterocycles. The van der Waals surface area contributed by atoms with Gasteiger partial charge in [-0.15, -0.1) is 0 Å². The van der Waals surface area contributed by atoms with E-state index in [4.69, 9.17) is 10.5 Å². The van der Waals surface area contributed by atoms with E-state index >= 15 is 0 Å². The van der Waals surface area contributed by atoms with Crippen LogP contribution in [-0.2, 0) is 0 Å². The molecule has 0 amide bonds. The van der Waals surface area contributed by atoms with Gasteiger partial charge in [-0.1, -0.05) is 0 Å². The van der Waals surface area contributed by atoms with Crippen LogP contribution in [0.3, 0.4) is 0 Å². The second-order valence-electron chi connectivity index (χ2n) is 4.66. The Morgan fingerprint density at radius 2 is 2.04 bits per heavy atom. The van der Waals surface area contributed by atoms with Crippen molar-refractivity contribution in [2.24, 2.45) is 0 Å². The third-order valence-corrected chi connectivity index (χ3v) is 4.01. The Labute approximate surface area is 145 Å². The van der Waals surface area contributed by atoms with Crippen LogP contribution in [0.1, 0.15) is 12.0 Å². The van der Waals surface area contributed by atoms with Crippen molar-refractivity contribution in [2.45, 2.75) is 6.42 Å². The molecule has 3 aromatic rings. The number of aromatic nitrogens is 4. The molecule has 0 fully saturated rings. The number of rotatable bonds is 4. The van der Waals surface area contributed by atoms with Crippen LogP contribution in [0.2, 0.25) is 0 Å². The van der Waals surface area contributed by atoms with Crippen molar-refractivity contribution in [1.29, 1.82) is 10.5 Å². The molecule has 0 bridgehead atoms. The summed E-state index contributed by atoms with van der Waals surface area (Å²) in [4.78, 5) is 8.67. The molecule has 0 radical (unpaired) electrons. The predicted octanol–water partition coefficient (Wildman–Crippen LogP) is 2.62. The molecule has 0 saturated carbocycles. The highest BCUT2D eigenvalue weighted by atomic mass is 127. The maximum atomic E-state index is 8.93. The highest BCUT2D eigenvalue weighted by molar-refractivity contribution is 14.1. The van der Waals surface area contributed by atoms with Gasteiger partial charge in [0.05, 0.1) is 33.5 Å². The molecule has 1 N–H and O–H groups in total. The number of pyridine rings is 2. The Kier molecular flexibility index (Phi) is 4.35. The van der Waals surface area contributed by atoms with Crippen LogP contribution in [-0.4, -0.2) is 26.3 Å². The topological polar surface area (TPSA) is 103 Å². The summed E-state index contributed by atoms with van der Waals surface area (Å²) in [6.45, 7) is 0.569. The summed E-state index contributed by atoms with van der Waals surface area (Å²) in [5.74, 6) is 0.622. The van der Waals surface area contributed by atoms with Crippen molar-refractivity contribution in [1.82, 2.24) is 19.7 Å². The number of nitrogens with one attached hydrogen (secondary N) is 1. The smallest absolute Gasteiger partial charge is 0.164 e. The molecule has 0 aromatic carbocycles. The number of hydrogen-bond acceptors (Lipinski definition) is 6.